The number of carbonyl (C=O) groups excluding carboxylic acids is 3. The molecule has 0 spiro atoms. The summed E-state index contributed by atoms with van der Waals surface area (Å²) in [5, 5.41) is 10.5. The van der Waals surface area contributed by atoms with Crippen molar-refractivity contribution in [3.05, 3.63) is 53.9 Å². The number of anilines is 1. The molecule has 28 heavy (non-hydrogen) atoms. The van der Waals surface area contributed by atoms with Crippen LogP contribution in [0.4, 0.5) is 5.69 Å². The first-order valence-electron chi connectivity index (χ1n) is 8.95. The maximum atomic E-state index is 12.4. The number of ether oxygens (including phenoxy) is 2. The maximum absolute atomic E-state index is 12.4. The number of benzene rings is 1. The summed E-state index contributed by atoms with van der Waals surface area (Å²) in [5.74, 6) is -2.04. The molecule has 150 valence electrons. The summed E-state index contributed by atoms with van der Waals surface area (Å²) in [5.41, 5.74) is 1.96. The predicted octanol–water partition coefficient (Wildman–Crippen LogP) is 2.36. The van der Waals surface area contributed by atoms with E-state index in [0.717, 1.165) is 5.69 Å². The molecule has 0 saturated carbocycles. The standard InChI is InChI=1S/C21H25NO6/c1-13-20(14(2)23)18(10-11-22(13)17-8-6-5-7-9-17)21(28-16(4)25)19(26)12-27-15(3)24/h5-11,18-19,21,26H,12H2,1-4H3/t18-,19+,21+/m1/s1. The first-order valence-corrected chi connectivity index (χ1v) is 8.95. The van der Waals surface area contributed by atoms with E-state index in [1.165, 1.54) is 20.8 Å². The van der Waals surface area contributed by atoms with E-state index in [9.17, 15) is 19.5 Å². The largest absolute Gasteiger partial charge is 0.463 e. The minimum Gasteiger partial charge on any atom is -0.463 e. The van der Waals surface area contributed by atoms with Gasteiger partial charge >= 0.3 is 11.9 Å². The Labute approximate surface area is 164 Å². The van der Waals surface area contributed by atoms with Crippen molar-refractivity contribution in [3.63, 3.8) is 0 Å². The zero-order valence-electron chi connectivity index (χ0n) is 16.4. The molecule has 7 nitrogen and oxygen atoms in total. The number of allylic oxidation sites excluding steroid dienone is 1. The van der Waals surface area contributed by atoms with Crippen molar-refractivity contribution in [2.75, 3.05) is 11.5 Å². The van der Waals surface area contributed by atoms with E-state index in [1.807, 2.05) is 35.2 Å². The molecule has 1 N–H and O–H groups in total. The van der Waals surface area contributed by atoms with Gasteiger partial charge in [0.15, 0.2) is 5.78 Å². The molecule has 0 radical (unpaired) electrons. The Balaban J connectivity index is 2.41. The highest BCUT2D eigenvalue weighted by Gasteiger charge is 2.37. The maximum Gasteiger partial charge on any atom is 0.303 e. The van der Waals surface area contributed by atoms with E-state index in [-0.39, 0.29) is 12.4 Å². The van der Waals surface area contributed by atoms with Crippen LogP contribution in [0.25, 0.3) is 0 Å². The fourth-order valence-corrected chi connectivity index (χ4v) is 3.27. The number of hydrogen-bond donors (Lipinski definition) is 1. The van der Waals surface area contributed by atoms with Crippen LogP contribution in [0.2, 0.25) is 0 Å². The number of para-hydroxylation sites is 1. The Morgan fingerprint density at radius 1 is 1.11 bits per heavy atom. The Morgan fingerprint density at radius 2 is 1.75 bits per heavy atom. The lowest BCUT2D eigenvalue weighted by atomic mass is 9.84. The van der Waals surface area contributed by atoms with Crippen LogP contribution in [0.5, 0.6) is 0 Å². The third-order valence-electron chi connectivity index (χ3n) is 4.43. The van der Waals surface area contributed by atoms with Crippen LogP contribution in [0.3, 0.4) is 0 Å². The molecule has 1 aliphatic heterocycles. The molecule has 0 bridgehead atoms. The van der Waals surface area contributed by atoms with Crippen molar-refractivity contribution < 1.29 is 29.0 Å². The van der Waals surface area contributed by atoms with Gasteiger partial charge in [0.1, 0.15) is 18.8 Å². The van der Waals surface area contributed by atoms with Crippen molar-refractivity contribution in [1.29, 1.82) is 0 Å². The molecule has 1 aromatic rings. The van der Waals surface area contributed by atoms with Gasteiger partial charge in [-0.15, -0.1) is 0 Å². The molecule has 1 aliphatic rings. The molecule has 0 aromatic heterocycles. The van der Waals surface area contributed by atoms with Gasteiger partial charge in [-0.3, -0.25) is 14.4 Å². The van der Waals surface area contributed by atoms with Gasteiger partial charge in [-0.25, -0.2) is 0 Å². The van der Waals surface area contributed by atoms with Crippen LogP contribution in [-0.2, 0) is 23.9 Å². The molecule has 0 fully saturated rings. The minimum atomic E-state index is -1.28. The van der Waals surface area contributed by atoms with Crippen LogP contribution < -0.4 is 4.90 Å². The lowest BCUT2D eigenvalue weighted by Gasteiger charge is -2.35. The van der Waals surface area contributed by atoms with Crippen LogP contribution in [0, 0.1) is 5.92 Å². The highest BCUT2D eigenvalue weighted by molar-refractivity contribution is 5.96. The molecule has 7 heteroatoms. The topological polar surface area (TPSA) is 93.1 Å². The summed E-state index contributed by atoms with van der Waals surface area (Å²) in [4.78, 5) is 37.0. The number of aliphatic hydroxyl groups excluding tert-OH is 1. The lowest BCUT2D eigenvalue weighted by Crippen LogP contribution is -2.43. The van der Waals surface area contributed by atoms with Crippen molar-refractivity contribution in [2.24, 2.45) is 5.92 Å². The second-order valence-corrected chi connectivity index (χ2v) is 6.57. The Hall–Kier alpha value is -2.93. The summed E-state index contributed by atoms with van der Waals surface area (Å²) >= 11 is 0. The van der Waals surface area contributed by atoms with Gasteiger partial charge in [-0.1, -0.05) is 24.3 Å². The molecular formula is C21H25NO6. The Bertz CT molecular complexity index is 798. The quantitative estimate of drug-likeness (QED) is 0.718. The smallest absolute Gasteiger partial charge is 0.303 e. The number of Topliss-reactive ketones (excluding diaryl/α,β-unsaturated/α-hetero) is 1. The van der Waals surface area contributed by atoms with E-state index in [0.29, 0.717) is 11.3 Å². The van der Waals surface area contributed by atoms with Gasteiger partial charge in [0, 0.05) is 42.9 Å². The Morgan fingerprint density at radius 3 is 2.29 bits per heavy atom. The number of carbonyl (C=O) groups is 3. The number of esters is 2. The van der Waals surface area contributed by atoms with Gasteiger partial charge < -0.3 is 19.5 Å². The first-order chi connectivity index (χ1) is 13.2. The third-order valence-corrected chi connectivity index (χ3v) is 4.43. The summed E-state index contributed by atoms with van der Waals surface area (Å²) in [6.07, 6.45) is 1.13. The van der Waals surface area contributed by atoms with E-state index < -0.39 is 30.1 Å². The van der Waals surface area contributed by atoms with Crippen molar-refractivity contribution >= 4 is 23.4 Å². The van der Waals surface area contributed by atoms with E-state index in [4.69, 9.17) is 9.47 Å². The van der Waals surface area contributed by atoms with Crippen molar-refractivity contribution in [1.82, 2.24) is 0 Å². The third kappa shape index (κ3) is 5.07. The van der Waals surface area contributed by atoms with E-state index in [1.54, 1.807) is 19.2 Å². The predicted molar refractivity (Wildman–Crippen MR) is 103 cm³/mol. The molecule has 0 saturated heterocycles. The lowest BCUT2D eigenvalue weighted by molar-refractivity contribution is -0.160. The molecular weight excluding hydrogens is 362 g/mol. The first kappa shape index (κ1) is 21.4. The van der Waals surface area contributed by atoms with Crippen molar-refractivity contribution in [3.8, 4) is 0 Å². The second-order valence-electron chi connectivity index (χ2n) is 6.57. The summed E-state index contributed by atoms with van der Waals surface area (Å²) < 4.78 is 10.2. The molecule has 0 amide bonds. The molecule has 3 atom stereocenters. The van der Waals surface area contributed by atoms with E-state index in [2.05, 4.69) is 0 Å². The summed E-state index contributed by atoms with van der Waals surface area (Å²) in [6, 6.07) is 9.49. The molecule has 1 aromatic carbocycles. The van der Waals surface area contributed by atoms with Gasteiger partial charge in [0.25, 0.3) is 0 Å². The van der Waals surface area contributed by atoms with E-state index >= 15 is 0 Å². The monoisotopic (exact) mass is 387 g/mol. The zero-order chi connectivity index (χ0) is 20.8. The van der Waals surface area contributed by atoms with Crippen LogP contribution >= 0.6 is 0 Å². The van der Waals surface area contributed by atoms with Gasteiger partial charge in [0.2, 0.25) is 0 Å². The average Bonchev–Trinajstić information content (AvgIpc) is 2.64. The average molecular weight is 387 g/mol. The highest BCUT2D eigenvalue weighted by atomic mass is 16.6. The fourth-order valence-electron chi connectivity index (χ4n) is 3.27. The molecule has 2 rings (SSSR count). The zero-order valence-corrected chi connectivity index (χ0v) is 16.4. The number of rotatable bonds is 7. The molecule has 0 aliphatic carbocycles. The molecule has 0 unspecified atom stereocenters. The fraction of sp³-hybridized carbons (Fsp3) is 0.381. The summed E-state index contributed by atoms with van der Waals surface area (Å²) in [6.45, 7) is 5.32. The second kappa shape index (κ2) is 9.32. The minimum absolute atomic E-state index is 0.204. The van der Waals surface area contributed by atoms with Crippen LogP contribution in [0.15, 0.2) is 53.9 Å². The normalized spacial score (nSPS) is 18.5. The SMILES string of the molecule is CC(=O)OC[C@H](O)[C@@H](OC(C)=O)[C@@H]1C=CN(c2ccccc2)C(C)=C1C(C)=O. The van der Waals surface area contributed by atoms with Gasteiger partial charge in [-0.05, 0) is 26.0 Å². The summed E-state index contributed by atoms with van der Waals surface area (Å²) in [7, 11) is 0. The van der Waals surface area contributed by atoms with Gasteiger partial charge in [0.05, 0.1) is 0 Å². The van der Waals surface area contributed by atoms with Crippen LogP contribution in [-0.4, -0.2) is 41.6 Å². The number of aliphatic hydroxyl groups is 1. The number of hydrogen-bond acceptors (Lipinski definition) is 7. The number of ketones is 1. The number of nitrogens with zero attached hydrogens (tertiary/aromatic N) is 1. The van der Waals surface area contributed by atoms with Crippen LogP contribution in [0.1, 0.15) is 27.7 Å². The molecule has 1 heterocycles. The van der Waals surface area contributed by atoms with Crippen molar-refractivity contribution in [2.45, 2.75) is 39.9 Å². The highest BCUT2D eigenvalue weighted by Crippen LogP contribution is 2.34. The van der Waals surface area contributed by atoms with Gasteiger partial charge in [-0.2, -0.15) is 0 Å². The Kier molecular flexibility index (Phi) is 7.12.